The van der Waals surface area contributed by atoms with Crippen LogP contribution >= 0.6 is 11.8 Å². The highest BCUT2D eigenvalue weighted by Crippen LogP contribution is 2.24. The number of anilines is 2. The first-order valence-corrected chi connectivity index (χ1v) is 7.59. The molecule has 0 saturated heterocycles. The fraction of sp³-hybridized carbons (Fsp3) is 0.333. The van der Waals surface area contributed by atoms with Crippen molar-refractivity contribution in [3.8, 4) is 0 Å². The number of rotatable bonds is 5. The first-order chi connectivity index (χ1) is 9.60. The van der Waals surface area contributed by atoms with Gasteiger partial charge in [-0.2, -0.15) is 4.98 Å². The van der Waals surface area contributed by atoms with E-state index in [1.54, 1.807) is 11.8 Å². The van der Waals surface area contributed by atoms with Crippen molar-refractivity contribution in [3.05, 3.63) is 41.0 Å². The lowest BCUT2D eigenvalue weighted by atomic mass is 10.1. The topological polar surface area (TPSA) is 53.6 Å². The average molecular weight is 288 g/mol. The van der Waals surface area contributed by atoms with Gasteiger partial charge in [-0.1, -0.05) is 41.6 Å². The van der Waals surface area contributed by atoms with Crippen molar-refractivity contribution in [1.82, 2.24) is 15.2 Å². The van der Waals surface area contributed by atoms with E-state index in [4.69, 9.17) is 0 Å². The second-order valence-electron chi connectivity index (χ2n) is 4.78. The van der Waals surface area contributed by atoms with Crippen LogP contribution in [0, 0.1) is 13.8 Å². The Labute approximate surface area is 124 Å². The third-order valence-corrected chi connectivity index (χ3v) is 4.17. The molecular formula is C15H20N4S. The van der Waals surface area contributed by atoms with Crippen LogP contribution in [0.1, 0.15) is 25.0 Å². The number of thioether (sulfide) groups is 1. The molecule has 0 amide bonds. The molecule has 0 aliphatic heterocycles. The Morgan fingerprint density at radius 1 is 1.35 bits per heavy atom. The first kappa shape index (κ1) is 14.7. The molecule has 0 fully saturated rings. The first-order valence-electron chi connectivity index (χ1n) is 6.60. The Morgan fingerprint density at radius 3 is 2.70 bits per heavy atom. The number of hydrogen-bond acceptors (Lipinski definition) is 4. The summed E-state index contributed by atoms with van der Waals surface area (Å²) in [7, 11) is 0. The number of aromatic nitrogens is 3. The lowest BCUT2D eigenvalue weighted by Gasteiger charge is -2.08. The number of nitrogens with one attached hydrogen (secondary N) is 2. The Hall–Kier alpha value is -1.75. The molecule has 0 bridgehead atoms. The average Bonchev–Trinajstić information content (AvgIpc) is 2.88. The number of para-hydroxylation sites is 1. The minimum atomic E-state index is 0.614. The highest BCUT2D eigenvalue weighted by molar-refractivity contribution is 7.99. The predicted molar refractivity (Wildman–Crippen MR) is 85.7 cm³/mol. The minimum Gasteiger partial charge on any atom is -0.322 e. The van der Waals surface area contributed by atoms with Crippen LogP contribution in [0.5, 0.6) is 0 Å². The van der Waals surface area contributed by atoms with Gasteiger partial charge in [0.1, 0.15) is 0 Å². The second-order valence-corrected chi connectivity index (χ2v) is 5.74. The van der Waals surface area contributed by atoms with E-state index in [0.29, 0.717) is 5.95 Å². The normalized spacial score (nSPS) is 11.7. The number of benzene rings is 1. The summed E-state index contributed by atoms with van der Waals surface area (Å²) < 4.78 is 0. The molecule has 20 heavy (non-hydrogen) atoms. The van der Waals surface area contributed by atoms with Gasteiger partial charge in [0.2, 0.25) is 5.95 Å². The summed E-state index contributed by atoms with van der Waals surface area (Å²) in [6, 6.07) is 6.20. The standard InChI is InChI=1S/C15H20N4S/c1-5-10(2)9-20-15-17-14(18-19-15)16-13-11(3)7-6-8-12(13)4/h5-8H,9H2,1-4H3,(H2,16,17,18,19). The Morgan fingerprint density at radius 2 is 2.05 bits per heavy atom. The maximum Gasteiger partial charge on any atom is 0.247 e. The predicted octanol–water partition coefficient (Wildman–Crippen LogP) is 4.22. The quantitative estimate of drug-likeness (QED) is 0.639. The molecule has 2 rings (SSSR count). The number of hydrogen-bond donors (Lipinski definition) is 2. The zero-order valence-corrected chi connectivity index (χ0v) is 13.1. The monoisotopic (exact) mass is 288 g/mol. The number of allylic oxidation sites excluding steroid dienone is 1. The zero-order valence-electron chi connectivity index (χ0n) is 12.3. The molecule has 1 aromatic carbocycles. The number of aromatic amines is 1. The maximum absolute atomic E-state index is 4.45. The van der Waals surface area contributed by atoms with Crippen molar-refractivity contribution in [1.29, 1.82) is 0 Å². The van der Waals surface area contributed by atoms with Gasteiger partial charge in [0.15, 0.2) is 5.16 Å². The van der Waals surface area contributed by atoms with Crippen LogP contribution in [0.2, 0.25) is 0 Å². The largest absolute Gasteiger partial charge is 0.322 e. The molecule has 0 aliphatic carbocycles. The summed E-state index contributed by atoms with van der Waals surface area (Å²) in [5.74, 6) is 1.54. The zero-order chi connectivity index (χ0) is 14.5. The van der Waals surface area contributed by atoms with Crippen molar-refractivity contribution < 1.29 is 0 Å². The van der Waals surface area contributed by atoms with Crippen LogP contribution in [0.4, 0.5) is 11.6 Å². The lowest BCUT2D eigenvalue weighted by Crippen LogP contribution is -1.97. The van der Waals surface area contributed by atoms with Gasteiger partial charge in [0.05, 0.1) is 0 Å². The lowest BCUT2D eigenvalue weighted by molar-refractivity contribution is 0.974. The van der Waals surface area contributed by atoms with Crippen molar-refractivity contribution in [2.45, 2.75) is 32.9 Å². The fourth-order valence-corrected chi connectivity index (χ4v) is 2.55. The van der Waals surface area contributed by atoms with Gasteiger partial charge < -0.3 is 5.32 Å². The van der Waals surface area contributed by atoms with Crippen molar-refractivity contribution >= 4 is 23.4 Å². The van der Waals surface area contributed by atoms with Gasteiger partial charge in [0.25, 0.3) is 0 Å². The number of H-pyrrole nitrogens is 1. The van der Waals surface area contributed by atoms with Crippen LogP contribution in [-0.4, -0.2) is 20.9 Å². The summed E-state index contributed by atoms with van der Waals surface area (Å²) in [5.41, 5.74) is 4.78. The van der Waals surface area contributed by atoms with Gasteiger partial charge >= 0.3 is 0 Å². The van der Waals surface area contributed by atoms with Crippen LogP contribution in [0.15, 0.2) is 35.0 Å². The van der Waals surface area contributed by atoms with Crippen molar-refractivity contribution in [3.63, 3.8) is 0 Å². The van der Waals surface area contributed by atoms with Crippen molar-refractivity contribution in [2.75, 3.05) is 11.1 Å². The fourth-order valence-electron chi connectivity index (χ4n) is 1.76. The van der Waals surface area contributed by atoms with Gasteiger partial charge in [-0.05, 0) is 38.8 Å². The molecule has 0 radical (unpaired) electrons. The molecule has 0 unspecified atom stereocenters. The molecule has 2 N–H and O–H groups in total. The van der Waals surface area contributed by atoms with E-state index in [9.17, 15) is 0 Å². The third kappa shape index (κ3) is 3.63. The molecular weight excluding hydrogens is 268 g/mol. The molecule has 0 aliphatic rings. The maximum atomic E-state index is 4.45. The highest BCUT2D eigenvalue weighted by atomic mass is 32.2. The molecule has 1 heterocycles. The van der Waals surface area contributed by atoms with Gasteiger partial charge in [-0.25, -0.2) is 0 Å². The summed E-state index contributed by atoms with van der Waals surface area (Å²) in [6.07, 6.45) is 2.11. The van der Waals surface area contributed by atoms with Crippen molar-refractivity contribution in [2.24, 2.45) is 0 Å². The summed E-state index contributed by atoms with van der Waals surface area (Å²) in [5, 5.41) is 11.3. The number of aryl methyl sites for hydroxylation is 2. The van der Waals surface area contributed by atoms with Gasteiger partial charge in [-0.3, -0.25) is 5.10 Å². The van der Waals surface area contributed by atoms with E-state index >= 15 is 0 Å². The smallest absolute Gasteiger partial charge is 0.247 e. The molecule has 0 spiro atoms. The second kappa shape index (κ2) is 6.61. The Kier molecular flexibility index (Phi) is 4.84. The molecule has 106 valence electrons. The molecule has 5 heteroatoms. The SMILES string of the molecule is CC=C(C)CSc1nc(Nc2c(C)cccc2C)n[nH]1. The summed E-state index contributed by atoms with van der Waals surface area (Å²) in [4.78, 5) is 4.45. The van der Waals surface area contributed by atoms with E-state index in [1.807, 2.05) is 6.92 Å². The van der Waals surface area contributed by atoms with Gasteiger partial charge in [0, 0.05) is 11.4 Å². The molecule has 2 aromatic rings. The van der Waals surface area contributed by atoms with E-state index < -0.39 is 0 Å². The van der Waals surface area contributed by atoms with E-state index in [-0.39, 0.29) is 0 Å². The molecule has 0 saturated carbocycles. The molecule has 4 nitrogen and oxygen atoms in total. The van der Waals surface area contributed by atoms with E-state index in [1.165, 1.54) is 16.7 Å². The Bertz CT molecular complexity index is 596. The number of nitrogens with zero attached hydrogens (tertiary/aromatic N) is 2. The van der Waals surface area contributed by atoms with Crippen LogP contribution in [0.3, 0.4) is 0 Å². The Balaban J connectivity index is 2.06. The minimum absolute atomic E-state index is 0.614. The van der Waals surface area contributed by atoms with Crippen LogP contribution < -0.4 is 5.32 Å². The molecule has 0 atom stereocenters. The van der Waals surface area contributed by atoms with Crippen LogP contribution in [-0.2, 0) is 0 Å². The highest BCUT2D eigenvalue weighted by Gasteiger charge is 2.07. The third-order valence-electron chi connectivity index (χ3n) is 3.11. The van der Waals surface area contributed by atoms with Gasteiger partial charge in [-0.15, -0.1) is 5.10 Å². The summed E-state index contributed by atoms with van der Waals surface area (Å²) in [6.45, 7) is 8.31. The molecule has 1 aromatic heterocycles. The van der Waals surface area contributed by atoms with E-state index in [2.05, 4.69) is 65.5 Å². The van der Waals surface area contributed by atoms with Crippen LogP contribution in [0.25, 0.3) is 0 Å². The summed E-state index contributed by atoms with van der Waals surface area (Å²) >= 11 is 1.66. The van der Waals surface area contributed by atoms with E-state index in [0.717, 1.165) is 16.6 Å².